The lowest BCUT2D eigenvalue weighted by Crippen LogP contribution is -2.52. The predicted octanol–water partition coefficient (Wildman–Crippen LogP) is 4.10. The Balaban J connectivity index is 1.59. The van der Waals surface area contributed by atoms with E-state index in [1.165, 1.54) is 6.20 Å². The van der Waals surface area contributed by atoms with Crippen molar-refractivity contribution in [1.29, 1.82) is 5.26 Å². The number of alkyl carbamates (subject to hydrolysis) is 1. The van der Waals surface area contributed by atoms with E-state index in [4.69, 9.17) is 20.0 Å². The number of hydrogen-bond acceptors (Lipinski definition) is 8. The number of hydrogen-bond donors (Lipinski definition) is 2. The summed E-state index contributed by atoms with van der Waals surface area (Å²) in [4.78, 5) is 50.2. The summed E-state index contributed by atoms with van der Waals surface area (Å²) in [5.74, 6) is 1.27. The number of fused-ring (bicyclic) bond motifs is 1. The van der Waals surface area contributed by atoms with Crippen LogP contribution in [0.5, 0.6) is 0 Å². The summed E-state index contributed by atoms with van der Waals surface area (Å²) in [6, 6.07) is 3.58. The van der Waals surface area contributed by atoms with Gasteiger partial charge in [-0.1, -0.05) is 6.92 Å². The minimum atomic E-state index is -1.13. The molecule has 40 heavy (non-hydrogen) atoms. The average Bonchev–Trinajstić information content (AvgIpc) is 3.32. The molecule has 12 nitrogen and oxygen atoms in total. The highest BCUT2D eigenvalue weighted by Gasteiger charge is 2.34. The molecule has 0 aromatic carbocycles. The quantitative estimate of drug-likeness (QED) is 0.557. The van der Waals surface area contributed by atoms with Gasteiger partial charge in [-0.15, -0.1) is 0 Å². The molecule has 1 saturated heterocycles. The highest BCUT2D eigenvalue weighted by atomic mass is 16.6. The van der Waals surface area contributed by atoms with E-state index in [2.05, 4.69) is 12.2 Å². The summed E-state index contributed by atoms with van der Waals surface area (Å²) in [5, 5.41) is 22.4. The Morgan fingerprint density at radius 1 is 1.20 bits per heavy atom. The van der Waals surface area contributed by atoms with Crippen molar-refractivity contribution in [3.8, 4) is 6.07 Å². The van der Waals surface area contributed by atoms with Crippen molar-refractivity contribution in [2.24, 2.45) is 5.92 Å². The average molecular weight is 554 g/mol. The molecule has 0 spiro atoms. The topological polar surface area (TPSA) is 154 Å². The first-order valence-corrected chi connectivity index (χ1v) is 13.9. The maximum atomic E-state index is 12.5. The summed E-state index contributed by atoms with van der Waals surface area (Å²) < 4.78 is 6.50. The molecule has 2 aromatic rings. The number of likely N-dealkylation sites (N-methyl/N-ethyl adjacent to an activating group) is 1. The molecule has 1 aliphatic heterocycles. The van der Waals surface area contributed by atoms with E-state index in [-0.39, 0.29) is 36.2 Å². The lowest BCUT2D eigenvalue weighted by atomic mass is 9.85. The Kier molecular flexibility index (Phi) is 8.51. The van der Waals surface area contributed by atoms with E-state index in [1.807, 2.05) is 38.8 Å². The number of likely N-dealkylation sites (tertiary alicyclic amines) is 1. The number of rotatable bonds is 5. The number of ether oxygens (including phenoxy) is 1. The maximum absolute atomic E-state index is 12.5. The van der Waals surface area contributed by atoms with Crippen LogP contribution in [0.2, 0.25) is 0 Å². The van der Waals surface area contributed by atoms with Gasteiger partial charge >= 0.3 is 12.2 Å². The van der Waals surface area contributed by atoms with Gasteiger partial charge in [-0.05, 0) is 64.9 Å². The SMILES string of the molecule is C[C@@H]1CCN(C(=O)CC#N)C[C@@H]1N(C)c1nc(C2CCC(NC(=O)OC(C)(C)C)CC2)nc2c1ccn2C(=O)O. The minimum absolute atomic E-state index is 0.00265. The molecule has 12 heteroatoms. The number of aromatic nitrogens is 3. The van der Waals surface area contributed by atoms with Crippen molar-refractivity contribution in [3.63, 3.8) is 0 Å². The van der Waals surface area contributed by atoms with Gasteiger partial charge in [-0.25, -0.2) is 24.1 Å². The zero-order chi connectivity index (χ0) is 29.2. The molecule has 0 unspecified atom stereocenters. The van der Waals surface area contributed by atoms with Crippen LogP contribution in [0.15, 0.2) is 12.3 Å². The van der Waals surface area contributed by atoms with Crippen molar-refractivity contribution in [1.82, 2.24) is 24.8 Å². The largest absolute Gasteiger partial charge is 0.464 e. The van der Waals surface area contributed by atoms with Crippen LogP contribution in [0.4, 0.5) is 15.4 Å². The number of amides is 2. The number of nitriles is 1. The van der Waals surface area contributed by atoms with Crippen LogP contribution in [0, 0.1) is 17.2 Å². The van der Waals surface area contributed by atoms with Crippen LogP contribution in [-0.4, -0.2) is 80.5 Å². The highest BCUT2D eigenvalue weighted by Crippen LogP contribution is 2.36. The molecule has 2 fully saturated rings. The molecule has 2 amide bonds. The van der Waals surface area contributed by atoms with Crippen LogP contribution >= 0.6 is 0 Å². The van der Waals surface area contributed by atoms with E-state index in [9.17, 15) is 19.5 Å². The summed E-state index contributed by atoms with van der Waals surface area (Å²) in [6.07, 6.45) is 3.49. The van der Waals surface area contributed by atoms with Crippen molar-refractivity contribution >= 4 is 34.9 Å². The van der Waals surface area contributed by atoms with Gasteiger partial charge in [-0.2, -0.15) is 5.26 Å². The standard InChI is InChI=1S/C28H39N7O5/c1-17-11-14-34(22(36)10-13-29)16-21(17)33(5)24-20-12-15-35(27(38)39)25(20)32-23(31-24)18-6-8-19(9-7-18)30-26(37)40-28(2,3)4/h12,15,17-19,21H,6-11,14,16H2,1-5H3,(H,30,37)(H,38,39)/t17-,18?,19?,21+/m1/s1. The Bertz CT molecular complexity index is 1300. The molecule has 1 saturated carbocycles. The third kappa shape index (κ3) is 6.46. The van der Waals surface area contributed by atoms with Gasteiger partial charge in [0.1, 0.15) is 23.7 Å². The molecule has 1 aliphatic carbocycles. The summed E-state index contributed by atoms with van der Waals surface area (Å²) >= 11 is 0. The monoisotopic (exact) mass is 553 g/mol. The second kappa shape index (κ2) is 11.7. The number of piperidine rings is 1. The van der Waals surface area contributed by atoms with Crippen LogP contribution in [0.3, 0.4) is 0 Å². The number of nitrogens with zero attached hydrogens (tertiary/aromatic N) is 6. The van der Waals surface area contributed by atoms with Gasteiger partial charge in [0.2, 0.25) is 5.91 Å². The first kappa shape index (κ1) is 29.1. The normalized spacial score (nSPS) is 23.4. The van der Waals surface area contributed by atoms with Gasteiger partial charge in [0.15, 0.2) is 5.65 Å². The van der Waals surface area contributed by atoms with Crippen molar-refractivity contribution in [2.45, 2.75) is 89.8 Å². The van der Waals surface area contributed by atoms with Crippen molar-refractivity contribution in [3.05, 3.63) is 18.1 Å². The molecule has 4 rings (SSSR count). The molecule has 2 aliphatic rings. The lowest BCUT2D eigenvalue weighted by Gasteiger charge is -2.42. The van der Waals surface area contributed by atoms with Gasteiger partial charge < -0.3 is 25.0 Å². The first-order valence-electron chi connectivity index (χ1n) is 13.9. The first-order chi connectivity index (χ1) is 18.9. The molecule has 2 aromatic heterocycles. The minimum Gasteiger partial charge on any atom is -0.464 e. The van der Waals surface area contributed by atoms with E-state index < -0.39 is 17.8 Å². The summed E-state index contributed by atoms with van der Waals surface area (Å²) in [6.45, 7) is 8.68. The number of carboxylic acid groups (broad SMARTS) is 1. The summed E-state index contributed by atoms with van der Waals surface area (Å²) in [7, 11) is 1.92. The maximum Gasteiger partial charge on any atom is 0.417 e. The van der Waals surface area contributed by atoms with Crippen LogP contribution in [0.1, 0.15) is 78.0 Å². The van der Waals surface area contributed by atoms with E-state index in [0.717, 1.165) is 36.7 Å². The van der Waals surface area contributed by atoms with E-state index in [1.54, 1.807) is 11.0 Å². The van der Waals surface area contributed by atoms with Gasteiger partial charge in [0.05, 0.1) is 17.5 Å². The lowest BCUT2D eigenvalue weighted by molar-refractivity contribution is -0.131. The predicted molar refractivity (Wildman–Crippen MR) is 148 cm³/mol. The van der Waals surface area contributed by atoms with E-state index >= 15 is 0 Å². The number of carbonyl (C=O) groups excluding carboxylic acids is 2. The molecule has 0 bridgehead atoms. The van der Waals surface area contributed by atoms with Gasteiger partial charge in [-0.3, -0.25) is 4.79 Å². The van der Waals surface area contributed by atoms with Crippen molar-refractivity contribution < 1.29 is 24.2 Å². The fourth-order valence-electron chi connectivity index (χ4n) is 5.71. The zero-order valence-electron chi connectivity index (χ0n) is 23.9. The molecule has 216 valence electrons. The second-order valence-electron chi connectivity index (χ2n) is 11.9. The highest BCUT2D eigenvalue weighted by molar-refractivity contribution is 5.93. The second-order valence-corrected chi connectivity index (χ2v) is 11.9. The third-order valence-electron chi connectivity index (χ3n) is 7.89. The molecule has 0 radical (unpaired) electrons. The molecule has 2 N–H and O–H groups in total. The molecular formula is C28H39N7O5. The van der Waals surface area contributed by atoms with Crippen LogP contribution < -0.4 is 10.2 Å². The molecule has 3 heterocycles. The smallest absolute Gasteiger partial charge is 0.417 e. The fraction of sp³-hybridized carbons (Fsp3) is 0.643. The number of carbonyl (C=O) groups is 3. The summed E-state index contributed by atoms with van der Waals surface area (Å²) in [5.41, 5.74) is -0.240. The number of anilines is 1. The molecule has 2 atom stereocenters. The Morgan fingerprint density at radius 2 is 1.90 bits per heavy atom. The van der Waals surface area contributed by atoms with Crippen LogP contribution in [-0.2, 0) is 9.53 Å². The Labute approximate surface area is 234 Å². The van der Waals surface area contributed by atoms with Gasteiger partial charge in [0, 0.05) is 38.3 Å². The third-order valence-corrected chi connectivity index (χ3v) is 7.89. The fourth-order valence-corrected chi connectivity index (χ4v) is 5.71. The molecular weight excluding hydrogens is 514 g/mol. The van der Waals surface area contributed by atoms with Crippen molar-refractivity contribution in [2.75, 3.05) is 25.0 Å². The Hall–Kier alpha value is -3.88. The number of nitrogens with one attached hydrogen (secondary N) is 1. The Morgan fingerprint density at radius 3 is 2.52 bits per heavy atom. The van der Waals surface area contributed by atoms with Crippen LogP contribution in [0.25, 0.3) is 11.0 Å². The van der Waals surface area contributed by atoms with E-state index in [0.29, 0.717) is 35.8 Å². The zero-order valence-corrected chi connectivity index (χ0v) is 23.9. The van der Waals surface area contributed by atoms with Gasteiger partial charge in [0.25, 0.3) is 0 Å².